The van der Waals surface area contributed by atoms with Gasteiger partial charge in [-0.25, -0.2) is 26.9 Å². The van der Waals surface area contributed by atoms with Gasteiger partial charge >= 0.3 is 0 Å². The first-order valence-electron chi connectivity index (χ1n) is 5.54. The first kappa shape index (κ1) is 16.1. The van der Waals surface area contributed by atoms with Gasteiger partial charge in [-0.1, -0.05) is 29.3 Å². The Labute approximate surface area is 129 Å². The zero-order valence-corrected chi connectivity index (χ0v) is 12.6. The summed E-state index contributed by atoms with van der Waals surface area (Å²) < 4.78 is 52.0. The van der Waals surface area contributed by atoms with Crippen molar-refractivity contribution in [3.63, 3.8) is 0 Å². The molecule has 21 heavy (non-hydrogen) atoms. The number of pyridine rings is 1. The van der Waals surface area contributed by atoms with Gasteiger partial charge in [-0.15, -0.1) is 0 Å². The predicted molar refractivity (Wildman–Crippen MR) is 74.6 cm³/mol. The van der Waals surface area contributed by atoms with Crippen molar-refractivity contribution in [3.05, 3.63) is 57.8 Å². The van der Waals surface area contributed by atoms with Gasteiger partial charge in [0.25, 0.3) is 0 Å². The van der Waals surface area contributed by atoms with Gasteiger partial charge in [0.2, 0.25) is 10.0 Å². The van der Waals surface area contributed by atoms with E-state index < -0.39 is 21.7 Å². The molecule has 0 bridgehead atoms. The van der Waals surface area contributed by atoms with Crippen molar-refractivity contribution >= 4 is 33.2 Å². The highest BCUT2D eigenvalue weighted by atomic mass is 35.5. The number of hydrogen-bond acceptors (Lipinski definition) is 3. The summed E-state index contributed by atoms with van der Waals surface area (Å²) in [6.07, 6.45) is 1.04. The Balaban J connectivity index is 2.17. The molecule has 1 N–H and O–H groups in total. The highest BCUT2D eigenvalue weighted by Gasteiger charge is 2.16. The molecule has 0 atom stereocenters. The first-order chi connectivity index (χ1) is 9.79. The van der Waals surface area contributed by atoms with Crippen LogP contribution in [0.5, 0.6) is 0 Å². The van der Waals surface area contributed by atoms with E-state index in [1.807, 2.05) is 0 Å². The van der Waals surface area contributed by atoms with Gasteiger partial charge in [0.05, 0.1) is 5.02 Å². The maximum absolute atomic E-state index is 13.0. The molecule has 0 amide bonds. The van der Waals surface area contributed by atoms with Crippen LogP contribution in [0.15, 0.2) is 35.4 Å². The molecule has 2 rings (SSSR count). The molecule has 9 heteroatoms. The van der Waals surface area contributed by atoms with Crippen molar-refractivity contribution < 1.29 is 17.2 Å². The topological polar surface area (TPSA) is 59.1 Å². The Morgan fingerprint density at radius 2 is 1.86 bits per heavy atom. The number of halogens is 4. The fraction of sp³-hybridized carbons (Fsp3) is 0.0833. The van der Waals surface area contributed by atoms with E-state index in [0.29, 0.717) is 0 Å². The maximum Gasteiger partial charge on any atom is 0.242 e. The average Bonchev–Trinajstić information content (AvgIpc) is 2.43. The fourth-order valence-corrected chi connectivity index (χ4v) is 2.78. The molecule has 1 aromatic heterocycles. The monoisotopic (exact) mass is 352 g/mol. The Bertz CT molecular complexity index is 785. The lowest BCUT2D eigenvalue weighted by Crippen LogP contribution is -2.23. The molecule has 112 valence electrons. The summed E-state index contributed by atoms with van der Waals surface area (Å²) in [4.78, 5) is 3.45. The standard InChI is InChI=1S/C12H8Cl2F2N2O2S/c13-9-4-8(6-17-12(9)14)21(19,20)18-5-7-1-2-10(15)11(16)3-7/h1-4,6,18H,5H2. The van der Waals surface area contributed by atoms with Crippen molar-refractivity contribution in [1.29, 1.82) is 0 Å². The van der Waals surface area contributed by atoms with Gasteiger partial charge in [0.1, 0.15) is 10.0 Å². The van der Waals surface area contributed by atoms with Crippen LogP contribution in [-0.2, 0) is 16.6 Å². The van der Waals surface area contributed by atoms with Crippen LogP contribution < -0.4 is 4.72 Å². The molecule has 0 fully saturated rings. The molecule has 4 nitrogen and oxygen atoms in total. The molecule has 0 aliphatic rings. The highest BCUT2D eigenvalue weighted by Crippen LogP contribution is 2.22. The van der Waals surface area contributed by atoms with Crippen LogP contribution in [0.4, 0.5) is 8.78 Å². The molecule has 0 radical (unpaired) electrons. The van der Waals surface area contributed by atoms with E-state index in [-0.39, 0.29) is 27.2 Å². The SMILES string of the molecule is O=S(=O)(NCc1ccc(F)c(F)c1)c1cnc(Cl)c(Cl)c1. The molecule has 0 saturated heterocycles. The molecule has 1 heterocycles. The molecular weight excluding hydrogens is 345 g/mol. The predicted octanol–water partition coefficient (Wildman–Crippen LogP) is 3.15. The normalized spacial score (nSPS) is 11.6. The largest absolute Gasteiger partial charge is 0.242 e. The van der Waals surface area contributed by atoms with Crippen LogP contribution >= 0.6 is 23.2 Å². The van der Waals surface area contributed by atoms with Crippen LogP contribution in [0.25, 0.3) is 0 Å². The second-order valence-corrected chi connectivity index (χ2v) is 6.55. The van der Waals surface area contributed by atoms with Crippen LogP contribution in [-0.4, -0.2) is 13.4 Å². The average molecular weight is 353 g/mol. The van der Waals surface area contributed by atoms with E-state index in [0.717, 1.165) is 24.4 Å². The van der Waals surface area contributed by atoms with E-state index in [1.54, 1.807) is 0 Å². The smallest absolute Gasteiger partial charge is 0.242 e. The summed E-state index contributed by atoms with van der Waals surface area (Å²) in [5.41, 5.74) is 0.269. The third kappa shape index (κ3) is 3.88. The lowest BCUT2D eigenvalue weighted by molar-refractivity contribution is 0.506. The fourth-order valence-electron chi connectivity index (χ4n) is 1.46. The Morgan fingerprint density at radius 3 is 2.48 bits per heavy atom. The van der Waals surface area contributed by atoms with Crippen LogP contribution in [0, 0.1) is 11.6 Å². The van der Waals surface area contributed by atoms with E-state index >= 15 is 0 Å². The van der Waals surface area contributed by atoms with Crippen LogP contribution in [0.3, 0.4) is 0 Å². The first-order valence-corrected chi connectivity index (χ1v) is 7.78. The number of rotatable bonds is 4. The molecule has 0 saturated carbocycles. The summed E-state index contributed by atoms with van der Waals surface area (Å²) in [7, 11) is -3.89. The van der Waals surface area contributed by atoms with Crippen molar-refractivity contribution in [2.45, 2.75) is 11.4 Å². The minimum atomic E-state index is -3.89. The second kappa shape index (κ2) is 6.23. The summed E-state index contributed by atoms with van der Waals surface area (Å²) in [6.45, 7) is -0.209. The number of benzene rings is 1. The van der Waals surface area contributed by atoms with Crippen molar-refractivity contribution in [1.82, 2.24) is 9.71 Å². The molecule has 2 aromatic rings. The zero-order valence-electron chi connectivity index (χ0n) is 10.3. The third-order valence-corrected chi connectivity index (χ3v) is 4.59. The number of nitrogens with one attached hydrogen (secondary N) is 1. The van der Waals surface area contributed by atoms with Gasteiger partial charge in [-0.2, -0.15) is 0 Å². The molecule has 0 unspecified atom stereocenters. The van der Waals surface area contributed by atoms with E-state index in [1.165, 1.54) is 6.07 Å². The molecular formula is C12H8Cl2F2N2O2S. The number of sulfonamides is 1. The number of hydrogen-bond donors (Lipinski definition) is 1. The second-order valence-electron chi connectivity index (χ2n) is 4.02. The molecule has 0 aliphatic heterocycles. The minimum absolute atomic E-state index is 0.00707. The minimum Gasteiger partial charge on any atom is -0.242 e. The van der Waals surface area contributed by atoms with Gasteiger partial charge in [0, 0.05) is 12.7 Å². The van der Waals surface area contributed by atoms with Crippen molar-refractivity contribution in [2.75, 3.05) is 0 Å². The molecule has 1 aromatic carbocycles. The highest BCUT2D eigenvalue weighted by molar-refractivity contribution is 7.89. The maximum atomic E-state index is 13.0. The van der Waals surface area contributed by atoms with E-state index in [2.05, 4.69) is 9.71 Å². The van der Waals surface area contributed by atoms with Crippen molar-refractivity contribution in [2.24, 2.45) is 0 Å². The van der Waals surface area contributed by atoms with Gasteiger partial charge in [-0.3, -0.25) is 0 Å². The van der Waals surface area contributed by atoms with Crippen molar-refractivity contribution in [3.8, 4) is 0 Å². The lowest BCUT2D eigenvalue weighted by atomic mass is 10.2. The van der Waals surface area contributed by atoms with E-state index in [9.17, 15) is 17.2 Å². The summed E-state index contributed by atoms with van der Waals surface area (Å²) in [5.74, 6) is -2.06. The summed E-state index contributed by atoms with van der Waals surface area (Å²) in [5, 5.41) is -0.0245. The van der Waals surface area contributed by atoms with Crippen LogP contribution in [0.2, 0.25) is 10.2 Å². The van der Waals surface area contributed by atoms with Gasteiger partial charge in [-0.05, 0) is 23.8 Å². The lowest BCUT2D eigenvalue weighted by Gasteiger charge is -2.07. The van der Waals surface area contributed by atoms with Crippen LogP contribution in [0.1, 0.15) is 5.56 Å². The van der Waals surface area contributed by atoms with Gasteiger partial charge < -0.3 is 0 Å². The van der Waals surface area contributed by atoms with Gasteiger partial charge in [0.15, 0.2) is 11.6 Å². The Morgan fingerprint density at radius 1 is 1.14 bits per heavy atom. The Hall–Kier alpha value is -1.28. The quantitative estimate of drug-likeness (QED) is 0.860. The zero-order chi connectivity index (χ0) is 15.6. The summed E-state index contributed by atoms with van der Waals surface area (Å²) >= 11 is 11.3. The third-order valence-electron chi connectivity index (χ3n) is 2.53. The Kier molecular flexibility index (Phi) is 4.77. The number of nitrogens with zero attached hydrogens (tertiary/aromatic N) is 1. The molecule has 0 aliphatic carbocycles. The molecule has 0 spiro atoms. The number of aromatic nitrogens is 1. The van der Waals surface area contributed by atoms with E-state index in [4.69, 9.17) is 23.2 Å². The summed E-state index contributed by atoms with van der Waals surface area (Å²) in [6, 6.07) is 4.24.